The molecule has 0 radical (unpaired) electrons. The van der Waals surface area contributed by atoms with Gasteiger partial charge in [0.25, 0.3) is 0 Å². The molecular weight excluding hydrogens is 383 g/mol. The Morgan fingerprint density at radius 3 is 1.86 bits per heavy atom. The van der Waals surface area contributed by atoms with Crippen LogP contribution in [0.1, 0.15) is 5.56 Å². The van der Waals surface area contributed by atoms with E-state index in [9.17, 15) is 33.4 Å². The Morgan fingerprint density at radius 1 is 0.821 bits per heavy atom. The van der Waals surface area contributed by atoms with Crippen molar-refractivity contribution < 1.29 is 23.0 Å². The minimum Gasteiger partial charge on any atom is -0.358 e. The molecule has 0 bridgehead atoms. The van der Waals surface area contributed by atoms with Gasteiger partial charge in [0.1, 0.15) is 18.2 Å². The van der Waals surface area contributed by atoms with Gasteiger partial charge in [-0.05, 0) is 46.7 Å². The SMILES string of the molecule is Cc1ccncc1F.O=[N+]([O-])c1cnccc1F.O=[N+]([O-])c1ncccc1F. The summed E-state index contributed by atoms with van der Waals surface area (Å²) in [6, 6.07) is 4.86. The lowest BCUT2D eigenvalue weighted by Gasteiger charge is -1.89. The fourth-order valence-corrected chi connectivity index (χ4v) is 1.46. The van der Waals surface area contributed by atoms with E-state index in [-0.39, 0.29) is 5.82 Å². The highest BCUT2D eigenvalue weighted by molar-refractivity contribution is 5.26. The number of nitrogens with zero attached hydrogens (tertiary/aromatic N) is 5. The third kappa shape index (κ3) is 7.11. The third-order valence-corrected chi connectivity index (χ3v) is 2.83. The molecule has 0 saturated carbocycles. The Bertz CT molecular complexity index is 882. The molecule has 28 heavy (non-hydrogen) atoms. The average molecular weight is 395 g/mol. The molecule has 0 N–H and O–H groups in total. The number of rotatable bonds is 2. The van der Waals surface area contributed by atoms with Crippen molar-refractivity contribution in [1.29, 1.82) is 0 Å². The summed E-state index contributed by atoms with van der Waals surface area (Å²) in [6.45, 7) is 1.71. The van der Waals surface area contributed by atoms with E-state index in [1.54, 1.807) is 19.2 Å². The van der Waals surface area contributed by atoms with Crippen LogP contribution in [-0.2, 0) is 0 Å². The standard InChI is InChI=1S/C6H6FN.2C5H3FN2O2/c1-5-2-3-8-4-6(5)7;6-4-1-2-7-3-5(4)8(9)10;6-4-2-1-3-7-5(4)8(9)10/h2-4H,1H3;2*1-3H. The second kappa shape index (κ2) is 10.9. The van der Waals surface area contributed by atoms with Crippen molar-refractivity contribution in [2.45, 2.75) is 6.92 Å². The first-order chi connectivity index (χ1) is 13.2. The van der Waals surface area contributed by atoms with Crippen LogP contribution in [0.2, 0.25) is 0 Å². The maximum Gasteiger partial charge on any atom is 0.399 e. The molecule has 0 atom stereocenters. The second-order valence-electron chi connectivity index (χ2n) is 4.77. The predicted octanol–water partition coefficient (Wildman–Crippen LogP) is 3.79. The number of pyridine rings is 3. The van der Waals surface area contributed by atoms with Gasteiger partial charge in [-0.25, -0.2) is 4.39 Å². The molecule has 0 aromatic carbocycles. The van der Waals surface area contributed by atoms with Gasteiger partial charge in [0, 0.05) is 12.4 Å². The van der Waals surface area contributed by atoms with Crippen molar-refractivity contribution in [1.82, 2.24) is 15.0 Å². The van der Waals surface area contributed by atoms with Gasteiger partial charge in [-0.2, -0.15) is 8.78 Å². The Labute approximate surface area is 155 Å². The molecule has 3 aromatic rings. The third-order valence-electron chi connectivity index (χ3n) is 2.83. The molecule has 3 aromatic heterocycles. The minimum atomic E-state index is -0.910. The van der Waals surface area contributed by atoms with Crippen LogP contribution < -0.4 is 0 Å². The molecule has 0 aliphatic heterocycles. The lowest BCUT2D eigenvalue weighted by molar-refractivity contribution is -0.392. The fraction of sp³-hybridized carbons (Fsp3) is 0.0625. The number of nitro groups is 2. The molecule has 3 rings (SSSR count). The maximum atomic E-state index is 12.4. The Hall–Kier alpha value is -3.96. The molecule has 0 aliphatic carbocycles. The van der Waals surface area contributed by atoms with Gasteiger partial charge in [0.15, 0.2) is 0 Å². The van der Waals surface area contributed by atoms with Crippen molar-refractivity contribution >= 4 is 11.5 Å². The van der Waals surface area contributed by atoms with Crippen LogP contribution in [0.4, 0.5) is 24.7 Å². The van der Waals surface area contributed by atoms with Crippen LogP contribution in [0.15, 0.2) is 55.2 Å². The quantitative estimate of drug-likeness (QED) is 0.477. The highest BCUT2D eigenvalue weighted by atomic mass is 19.1. The van der Waals surface area contributed by atoms with Gasteiger partial charge in [-0.3, -0.25) is 20.1 Å². The number of hydrogen-bond acceptors (Lipinski definition) is 7. The monoisotopic (exact) mass is 395 g/mol. The molecule has 0 amide bonds. The predicted molar refractivity (Wildman–Crippen MR) is 90.6 cm³/mol. The molecule has 12 heteroatoms. The average Bonchev–Trinajstić information content (AvgIpc) is 2.65. The van der Waals surface area contributed by atoms with E-state index in [4.69, 9.17) is 0 Å². The summed E-state index contributed by atoms with van der Waals surface area (Å²) in [5.74, 6) is -2.75. The summed E-state index contributed by atoms with van der Waals surface area (Å²) in [6.07, 6.45) is 5.96. The first-order valence-electron chi connectivity index (χ1n) is 7.29. The van der Waals surface area contributed by atoms with Gasteiger partial charge in [0.2, 0.25) is 11.6 Å². The van der Waals surface area contributed by atoms with Gasteiger partial charge >= 0.3 is 11.5 Å². The van der Waals surface area contributed by atoms with Crippen molar-refractivity contribution in [3.8, 4) is 0 Å². The van der Waals surface area contributed by atoms with Crippen molar-refractivity contribution in [2.75, 3.05) is 0 Å². The summed E-state index contributed by atoms with van der Waals surface area (Å²) in [5.41, 5.74) is 0.0440. The summed E-state index contributed by atoms with van der Waals surface area (Å²) in [4.78, 5) is 28.3. The molecule has 0 aliphatic rings. The Kier molecular flexibility index (Phi) is 8.60. The van der Waals surface area contributed by atoms with E-state index in [1.165, 1.54) is 18.5 Å². The van der Waals surface area contributed by atoms with Crippen LogP contribution in [0.5, 0.6) is 0 Å². The molecule has 9 nitrogen and oxygen atoms in total. The molecule has 146 valence electrons. The van der Waals surface area contributed by atoms with Gasteiger partial charge in [-0.1, -0.05) is 0 Å². The molecule has 3 heterocycles. The Balaban J connectivity index is 0.000000212. The highest BCUT2D eigenvalue weighted by Gasteiger charge is 2.12. The normalized spacial score (nSPS) is 9.29. The summed E-state index contributed by atoms with van der Waals surface area (Å²) in [7, 11) is 0. The molecule has 0 spiro atoms. The number of hydrogen-bond donors (Lipinski definition) is 0. The van der Waals surface area contributed by atoms with E-state index in [2.05, 4.69) is 15.0 Å². The van der Waals surface area contributed by atoms with E-state index in [1.807, 2.05) is 0 Å². The van der Waals surface area contributed by atoms with Crippen LogP contribution in [0.3, 0.4) is 0 Å². The van der Waals surface area contributed by atoms with E-state index < -0.39 is 33.0 Å². The van der Waals surface area contributed by atoms with Crippen LogP contribution in [0.25, 0.3) is 0 Å². The van der Waals surface area contributed by atoms with Crippen molar-refractivity contribution in [3.05, 3.63) is 98.5 Å². The van der Waals surface area contributed by atoms with E-state index in [0.29, 0.717) is 5.56 Å². The number of aryl methyl sites for hydroxylation is 1. The molecule has 0 fully saturated rings. The summed E-state index contributed by atoms with van der Waals surface area (Å²) in [5, 5.41) is 19.9. The zero-order valence-electron chi connectivity index (χ0n) is 14.2. The zero-order chi connectivity index (χ0) is 21.1. The highest BCUT2D eigenvalue weighted by Crippen LogP contribution is 2.12. The topological polar surface area (TPSA) is 125 Å². The summed E-state index contributed by atoms with van der Waals surface area (Å²) < 4.78 is 37.0. The molecule has 0 unspecified atom stereocenters. The van der Waals surface area contributed by atoms with Gasteiger partial charge in [-0.15, -0.1) is 0 Å². The van der Waals surface area contributed by atoms with Crippen LogP contribution in [-0.4, -0.2) is 24.8 Å². The second-order valence-corrected chi connectivity index (χ2v) is 4.77. The zero-order valence-corrected chi connectivity index (χ0v) is 14.2. The Morgan fingerprint density at radius 2 is 1.46 bits per heavy atom. The lowest BCUT2D eigenvalue weighted by atomic mass is 10.3. The smallest absolute Gasteiger partial charge is 0.358 e. The van der Waals surface area contributed by atoms with Crippen molar-refractivity contribution in [3.63, 3.8) is 0 Å². The van der Waals surface area contributed by atoms with E-state index in [0.717, 1.165) is 24.5 Å². The van der Waals surface area contributed by atoms with Gasteiger partial charge in [0.05, 0.1) is 11.1 Å². The van der Waals surface area contributed by atoms with E-state index >= 15 is 0 Å². The van der Waals surface area contributed by atoms with Crippen molar-refractivity contribution in [2.24, 2.45) is 0 Å². The minimum absolute atomic E-state index is 0.243. The van der Waals surface area contributed by atoms with Crippen LogP contribution >= 0.6 is 0 Å². The maximum absolute atomic E-state index is 12.4. The number of halogens is 3. The lowest BCUT2D eigenvalue weighted by Crippen LogP contribution is -1.94. The summed E-state index contributed by atoms with van der Waals surface area (Å²) >= 11 is 0. The fourth-order valence-electron chi connectivity index (χ4n) is 1.46. The largest absolute Gasteiger partial charge is 0.399 e. The first-order valence-corrected chi connectivity index (χ1v) is 7.29. The molecular formula is C16H12F3N5O4. The number of aromatic nitrogens is 3. The molecule has 0 saturated heterocycles. The first kappa shape index (κ1) is 22.1. The van der Waals surface area contributed by atoms with Gasteiger partial charge < -0.3 is 10.1 Å². The van der Waals surface area contributed by atoms with Crippen LogP contribution in [0, 0.1) is 44.6 Å².